The van der Waals surface area contributed by atoms with E-state index in [1.54, 1.807) is 6.20 Å². The quantitative estimate of drug-likeness (QED) is 0.608. The van der Waals surface area contributed by atoms with Crippen LogP contribution in [-0.2, 0) is 11.3 Å². The van der Waals surface area contributed by atoms with Crippen molar-refractivity contribution in [3.8, 4) is 11.5 Å². The van der Waals surface area contributed by atoms with Crippen LogP contribution in [0.5, 0.6) is 0 Å². The Balaban J connectivity index is 1.67. The zero-order chi connectivity index (χ0) is 15.1. The van der Waals surface area contributed by atoms with E-state index < -0.39 is 13.0 Å². The van der Waals surface area contributed by atoms with Crippen LogP contribution in [0.15, 0.2) is 41.1 Å². The largest absolute Gasteiger partial charge is 0.522 e. The Hall–Kier alpha value is -1.90. The lowest BCUT2D eigenvalue weighted by molar-refractivity contribution is -0.323. The number of aromatic nitrogens is 1. The number of oxazole rings is 1. The molecule has 5 nitrogen and oxygen atoms in total. The molecular weight excluding hydrogens is 287 g/mol. The van der Waals surface area contributed by atoms with Crippen molar-refractivity contribution in [1.82, 2.24) is 15.8 Å². The summed E-state index contributed by atoms with van der Waals surface area (Å²) in [6.45, 7) is 0.0748. The summed E-state index contributed by atoms with van der Waals surface area (Å²) in [5.41, 5.74) is 7.27. The normalized spacial score (nSPS) is 11.8. The molecule has 0 amide bonds. The van der Waals surface area contributed by atoms with Gasteiger partial charge in [0, 0.05) is 18.7 Å². The van der Waals surface area contributed by atoms with E-state index in [2.05, 4.69) is 20.6 Å². The first kappa shape index (κ1) is 15.5. The number of benzene rings is 1. The number of hydrazine groups is 1. The van der Waals surface area contributed by atoms with Gasteiger partial charge in [-0.2, -0.15) is 0 Å². The molecule has 2 rings (SSSR count). The lowest BCUT2D eigenvalue weighted by atomic mass is 10.1. The highest BCUT2D eigenvalue weighted by molar-refractivity contribution is 5.53. The Morgan fingerprint density at radius 1 is 1.14 bits per heavy atom. The molecule has 0 bridgehead atoms. The van der Waals surface area contributed by atoms with Crippen LogP contribution >= 0.6 is 0 Å². The molecule has 1 aromatic heterocycles. The third-order valence-corrected chi connectivity index (χ3v) is 2.54. The van der Waals surface area contributed by atoms with Crippen molar-refractivity contribution in [1.29, 1.82) is 0 Å². The molecule has 0 atom stereocenters. The molecule has 1 aromatic carbocycles. The average molecular weight is 301 g/mol. The van der Waals surface area contributed by atoms with Crippen LogP contribution in [0.3, 0.4) is 0 Å². The first-order valence-electron chi connectivity index (χ1n) is 6.20. The zero-order valence-corrected chi connectivity index (χ0v) is 11.0. The summed E-state index contributed by atoms with van der Waals surface area (Å²) in [5.74, 6) is 0.539. The highest BCUT2D eigenvalue weighted by atomic mass is 19.4. The summed E-state index contributed by atoms with van der Waals surface area (Å²) >= 11 is 0. The third kappa shape index (κ3) is 5.54. The SMILES string of the molecule is FC(F)(F)OCCNNCc1ccc(-c2ncco2)cc1. The van der Waals surface area contributed by atoms with Crippen molar-refractivity contribution in [3.63, 3.8) is 0 Å². The van der Waals surface area contributed by atoms with Gasteiger partial charge in [0.05, 0.1) is 12.8 Å². The van der Waals surface area contributed by atoms with Gasteiger partial charge in [-0.1, -0.05) is 12.1 Å². The maximum atomic E-state index is 11.7. The second-order valence-electron chi connectivity index (χ2n) is 4.11. The molecule has 0 saturated heterocycles. The van der Waals surface area contributed by atoms with E-state index in [1.165, 1.54) is 6.26 Å². The standard InChI is InChI=1S/C13H14F3N3O2/c14-13(15,16)21-8-6-18-19-9-10-1-3-11(4-2-10)12-17-5-7-20-12/h1-5,7,18-19H,6,8-9H2. The van der Waals surface area contributed by atoms with E-state index in [1.807, 2.05) is 24.3 Å². The van der Waals surface area contributed by atoms with Crippen LogP contribution in [0.25, 0.3) is 11.5 Å². The number of halogens is 3. The van der Waals surface area contributed by atoms with Gasteiger partial charge in [-0.25, -0.2) is 4.98 Å². The average Bonchev–Trinajstić information content (AvgIpc) is 2.96. The maximum Gasteiger partial charge on any atom is 0.522 e. The van der Waals surface area contributed by atoms with Crippen molar-refractivity contribution in [2.45, 2.75) is 12.9 Å². The molecular formula is C13H14F3N3O2. The Morgan fingerprint density at radius 2 is 1.90 bits per heavy atom. The van der Waals surface area contributed by atoms with Gasteiger partial charge < -0.3 is 4.42 Å². The Labute approximate surface area is 119 Å². The summed E-state index contributed by atoms with van der Waals surface area (Å²) in [6, 6.07) is 7.46. The number of hydrogen-bond donors (Lipinski definition) is 2. The van der Waals surface area contributed by atoms with E-state index in [0.717, 1.165) is 11.1 Å². The van der Waals surface area contributed by atoms with Gasteiger partial charge in [0.1, 0.15) is 6.26 Å². The monoisotopic (exact) mass is 301 g/mol. The minimum absolute atomic E-state index is 0.0495. The maximum absolute atomic E-state index is 11.7. The van der Waals surface area contributed by atoms with Crippen LogP contribution in [0.2, 0.25) is 0 Å². The number of alkyl halides is 3. The van der Waals surface area contributed by atoms with Gasteiger partial charge in [0.15, 0.2) is 0 Å². The molecule has 0 spiro atoms. The van der Waals surface area contributed by atoms with Crippen molar-refractivity contribution >= 4 is 0 Å². The molecule has 8 heteroatoms. The Kier molecular flexibility index (Phi) is 5.32. The van der Waals surface area contributed by atoms with Crippen molar-refractivity contribution < 1.29 is 22.3 Å². The minimum atomic E-state index is -4.59. The predicted molar refractivity (Wildman–Crippen MR) is 68.8 cm³/mol. The zero-order valence-electron chi connectivity index (χ0n) is 11.0. The van der Waals surface area contributed by atoms with Gasteiger partial charge in [-0.05, 0) is 17.7 Å². The number of ether oxygens (including phenoxy) is 1. The van der Waals surface area contributed by atoms with Gasteiger partial charge in [0.25, 0.3) is 0 Å². The highest BCUT2D eigenvalue weighted by Crippen LogP contribution is 2.17. The molecule has 114 valence electrons. The number of rotatable bonds is 7. The van der Waals surface area contributed by atoms with Crippen molar-refractivity contribution in [3.05, 3.63) is 42.3 Å². The smallest absolute Gasteiger partial charge is 0.445 e. The van der Waals surface area contributed by atoms with E-state index in [-0.39, 0.29) is 6.54 Å². The van der Waals surface area contributed by atoms with E-state index in [0.29, 0.717) is 12.4 Å². The van der Waals surface area contributed by atoms with Crippen LogP contribution in [0.1, 0.15) is 5.56 Å². The highest BCUT2D eigenvalue weighted by Gasteiger charge is 2.28. The molecule has 2 aromatic rings. The van der Waals surface area contributed by atoms with Crippen LogP contribution < -0.4 is 10.9 Å². The number of hydrogen-bond acceptors (Lipinski definition) is 5. The van der Waals surface area contributed by atoms with Crippen LogP contribution in [0.4, 0.5) is 13.2 Å². The summed E-state index contributed by atoms with van der Waals surface area (Å²) in [5, 5.41) is 0. The Morgan fingerprint density at radius 3 is 2.52 bits per heavy atom. The molecule has 21 heavy (non-hydrogen) atoms. The van der Waals surface area contributed by atoms with Crippen molar-refractivity contribution in [2.75, 3.05) is 13.2 Å². The van der Waals surface area contributed by atoms with E-state index >= 15 is 0 Å². The van der Waals surface area contributed by atoms with Gasteiger partial charge >= 0.3 is 6.36 Å². The molecule has 2 N–H and O–H groups in total. The lowest BCUT2D eigenvalue weighted by Crippen LogP contribution is -2.35. The first-order valence-corrected chi connectivity index (χ1v) is 6.20. The summed E-state index contributed by atoms with van der Waals surface area (Å²) in [7, 11) is 0. The third-order valence-electron chi connectivity index (χ3n) is 2.54. The molecule has 0 aliphatic rings. The van der Waals surface area contributed by atoms with Gasteiger partial charge in [-0.15, -0.1) is 13.2 Å². The topological polar surface area (TPSA) is 59.3 Å². The summed E-state index contributed by atoms with van der Waals surface area (Å²) in [4.78, 5) is 4.03. The number of nitrogens with one attached hydrogen (secondary N) is 2. The summed E-state index contributed by atoms with van der Waals surface area (Å²) in [6.07, 6.45) is -1.52. The predicted octanol–water partition coefficient (Wildman–Crippen LogP) is 2.47. The van der Waals surface area contributed by atoms with Crippen LogP contribution in [0, 0.1) is 0 Å². The summed E-state index contributed by atoms with van der Waals surface area (Å²) < 4.78 is 43.9. The minimum Gasteiger partial charge on any atom is -0.445 e. The lowest BCUT2D eigenvalue weighted by Gasteiger charge is -2.09. The van der Waals surface area contributed by atoms with Gasteiger partial charge in [0.2, 0.25) is 5.89 Å². The van der Waals surface area contributed by atoms with E-state index in [4.69, 9.17) is 4.42 Å². The second kappa shape index (κ2) is 7.21. The Bertz CT molecular complexity index is 527. The fourth-order valence-corrected chi connectivity index (χ4v) is 1.60. The molecule has 0 fully saturated rings. The van der Waals surface area contributed by atoms with Crippen molar-refractivity contribution in [2.24, 2.45) is 0 Å². The molecule has 0 saturated carbocycles. The van der Waals surface area contributed by atoms with E-state index in [9.17, 15) is 13.2 Å². The molecule has 1 heterocycles. The number of nitrogens with zero attached hydrogens (tertiary/aromatic N) is 1. The second-order valence-corrected chi connectivity index (χ2v) is 4.11. The molecule has 0 unspecified atom stereocenters. The first-order chi connectivity index (χ1) is 10.0. The fourth-order valence-electron chi connectivity index (χ4n) is 1.60. The fraction of sp³-hybridized carbons (Fsp3) is 0.308. The van der Waals surface area contributed by atoms with Gasteiger partial charge in [-0.3, -0.25) is 15.6 Å². The molecule has 0 aliphatic carbocycles. The molecule has 0 radical (unpaired) electrons. The van der Waals surface area contributed by atoms with Crippen LogP contribution in [-0.4, -0.2) is 24.5 Å². The molecule has 0 aliphatic heterocycles.